The van der Waals surface area contributed by atoms with Crippen LogP contribution in [0.5, 0.6) is 0 Å². The Kier molecular flexibility index (Phi) is 9.84. The van der Waals surface area contributed by atoms with Crippen molar-refractivity contribution in [1.82, 2.24) is 0 Å². The molecule has 0 N–H and O–H groups in total. The molecule has 0 spiro atoms. The van der Waals surface area contributed by atoms with Crippen LogP contribution in [-0.2, 0) is 4.43 Å². The quantitative estimate of drug-likeness (QED) is 0.243. The Labute approximate surface area is 137 Å². The minimum Gasteiger partial charge on any atom is -0.413 e. The van der Waals surface area contributed by atoms with Crippen LogP contribution >= 0.6 is 31.9 Å². The molecule has 112 valence electrons. The summed E-state index contributed by atoms with van der Waals surface area (Å²) in [6.45, 7) is 12.2. The minimum absolute atomic E-state index is 0.302. The summed E-state index contributed by atoms with van der Waals surface area (Å²) in [6.07, 6.45) is 11.3. The van der Waals surface area contributed by atoms with Crippen LogP contribution in [0.2, 0.25) is 18.1 Å². The second-order valence-corrected chi connectivity index (χ2v) is 13.9. The van der Waals surface area contributed by atoms with Gasteiger partial charge in [0.2, 0.25) is 0 Å². The zero-order valence-electron chi connectivity index (χ0n) is 12.9. The maximum Gasteiger partial charge on any atom is 0.192 e. The Bertz CT molecular complexity index is 300. The van der Waals surface area contributed by atoms with E-state index >= 15 is 0 Å². The summed E-state index contributed by atoms with van der Waals surface area (Å²) < 4.78 is 7.14. The van der Waals surface area contributed by atoms with Gasteiger partial charge in [-0.25, -0.2) is 0 Å². The van der Waals surface area contributed by atoms with Crippen molar-refractivity contribution in [3.8, 4) is 0 Å². The predicted molar refractivity (Wildman–Crippen MR) is 96.7 cm³/mol. The largest absolute Gasteiger partial charge is 0.413 e. The maximum atomic E-state index is 6.08. The summed E-state index contributed by atoms with van der Waals surface area (Å²) in [4.78, 5) is 0. The van der Waals surface area contributed by atoms with Crippen LogP contribution in [0.15, 0.2) is 21.6 Å². The molecule has 0 radical (unpaired) electrons. The van der Waals surface area contributed by atoms with Crippen LogP contribution in [0.4, 0.5) is 0 Å². The smallest absolute Gasteiger partial charge is 0.192 e. The summed E-state index contributed by atoms with van der Waals surface area (Å²) in [7, 11) is -1.57. The van der Waals surface area contributed by atoms with E-state index in [4.69, 9.17) is 4.43 Å². The average Bonchev–Trinajstić information content (AvgIpc) is 2.24. The lowest BCUT2D eigenvalue weighted by molar-refractivity contribution is 0.327. The van der Waals surface area contributed by atoms with Crippen molar-refractivity contribution in [1.29, 1.82) is 0 Å². The van der Waals surface area contributed by atoms with E-state index in [-0.39, 0.29) is 0 Å². The van der Waals surface area contributed by atoms with Crippen LogP contribution in [0.25, 0.3) is 0 Å². The predicted octanol–water partition coefficient (Wildman–Crippen LogP) is 6.76. The molecule has 4 heteroatoms. The standard InChI is InChI=1S/C15H28Br2OSi/c1-15(2,3)19(4,5)18-13-11-9-7-6-8-10-12-14(16)17/h9,11-12H,6-8,10,13H2,1-5H3/b11-9+. The van der Waals surface area contributed by atoms with Gasteiger partial charge < -0.3 is 4.43 Å². The Balaban J connectivity index is 3.68. The average molecular weight is 412 g/mol. The molecule has 0 heterocycles. The normalized spacial score (nSPS) is 13.0. The van der Waals surface area contributed by atoms with Crippen molar-refractivity contribution in [2.24, 2.45) is 0 Å². The molecule has 0 amide bonds. The molecule has 0 aromatic rings. The number of rotatable bonds is 8. The number of allylic oxidation sites excluding steroid dienone is 2. The summed E-state index contributed by atoms with van der Waals surface area (Å²) in [5.74, 6) is 0. The topological polar surface area (TPSA) is 9.23 Å². The maximum absolute atomic E-state index is 6.08. The highest BCUT2D eigenvalue weighted by Crippen LogP contribution is 2.36. The molecule has 0 aliphatic carbocycles. The van der Waals surface area contributed by atoms with E-state index in [2.05, 4.69) is 84.0 Å². The van der Waals surface area contributed by atoms with Crippen LogP contribution in [-0.4, -0.2) is 14.9 Å². The van der Waals surface area contributed by atoms with Crippen molar-refractivity contribution in [2.75, 3.05) is 6.61 Å². The molecule has 19 heavy (non-hydrogen) atoms. The monoisotopic (exact) mass is 410 g/mol. The van der Waals surface area contributed by atoms with Gasteiger partial charge in [-0.3, -0.25) is 0 Å². The minimum atomic E-state index is -1.57. The first-order chi connectivity index (χ1) is 8.67. The van der Waals surface area contributed by atoms with E-state index in [9.17, 15) is 0 Å². The van der Waals surface area contributed by atoms with Gasteiger partial charge in [0.1, 0.15) is 0 Å². The van der Waals surface area contributed by atoms with Gasteiger partial charge in [-0.05, 0) is 75.7 Å². The van der Waals surface area contributed by atoms with Crippen molar-refractivity contribution in [3.05, 3.63) is 21.6 Å². The van der Waals surface area contributed by atoms with Crippen LogP contribution in [0, 0.1) is 0 Å². The third-order valence-corrected chi connectivity index (χ3v) is 8.79. The van der Waals surface area contributed by atoms with E-state index in [0.717, 1.165) is 22.8 Å². The summed E-state index contributed by atoms with van der Waals surface area (Å²) in [6, 6.07) is 0. The zero-order valence-corrected chi connectivity index (χ0v) is 17.1. The van der Waals surface area contributed by atoms with Crippen molar-refractivity contribution < 1.29 is 4.43 Å². The van der Waals surface area contributed by atoms with E-state index in [0.29, 0.717) is 5.04 Å². The molecule has 0 aliphatic rings. The molecule has 0 atom stereocenters. The lowest BCUT2D eigenvalue weighted by Gasteiger charge is -2.35. The van der Waals surface area contributed by atoms with Crippen molar-refractivity contribution in [3.63, 3.8) is 0 Å². The van der Waals surface area contributed by atoms with Crippen molar-refractivity contribution >= 4 is 40.2 Å². The number of hydrogen-bond donors (Lipinski definition) is 0. The molecule has 0 unspecified atom stereocenters. The highest BCUT2D eigenvalue weighted by Gasteiger charge is 2.36. The van der Waals surface area contributed by atoms with Gasteiger partial charge in [-0.15, -0.1) is 0 Å². The second kappa shape index (κ2) is 9.53. The number of halogens is 2. The fourth-order valence-electron chi connectivity index (χ4n) is 1.28. The van der Waals surface area contributed by atoms with Crippen LogP contribution in [0.1, 0.15) is 46.5 Å². The van der Waals surface area contributed by atoms with Gasteiger partial charge in [0.15, 0.2) is 8.32 Å². The second-order valence-electron chi connectivity index (χ2n) is 6.32. The summed E-state index contributed by atoms with van der Waals surface area (Å²) >= 11 is 6.73. The Hall–Kier alpha value is 0.617. The molecular weight excluding hydrogens is 384 g/mol. The van der Waals surface area contributed by atoms with E-state index in [1.165, 1.54) is 12.8 Å². The third kappa shape index (κ3) is 10.0. The summed E-state index contributed by atoms with van der Waals surface area (Å²) in [5, 5.41) is 0.302. The lowest BCUT2D eigenvalue weighted by atomic mass is 10.2. The molecule has 0 aromatic carbocycles. The summed E-state index contributed by atoms with van der Waals surface area (Å²) in [5.41, 5.74) is 0. The first-order valence-electron chi connectivity index (χ1n) is 6.97. The van der Waals surface area contributed by atoms with Gasteiger partial charge in [0.05, 0.1) is 10.00 Å². The van der Waals surface area contributed by atoms with E-state index in [1.54, 1.807) is 0 Å². The molecule has 0 saturated carbocycles. The molecule has 0 bridgehead atoms. The van der Waals surface area contributed by atoms with Gasteiger partial charge in [-0.1, -0.05) is 39.0 Å². The Morgan fingerprint density at radius 1 is 1.05 bits per heavy atom. The molecule has 0 saturated heterocycles. The third-order valence-electron chi connectivity index (χ3n) is 3.64. The van der Waals surface area contributed by atoms with Gasteiger partial charge in [0.25, 0.3) is 0 Å². The lowest BCUT2D eigenvalue weighted by Crippen LogP contribution is -2.40. The molecule has 0 fully saturated rings. The highest BCUT2D eigenvalue weighted by atomic mass is 79.9. The Morgan fingerprint density at radius 2 is 1.63 bits per heavy atom. The fraction of sp³-hybridized carbons (Fsp3) is 0.733. The zero-order chi connectivity index (χ0) is 14.9. The van der Waals surface area contributed by atoms with Gasteiger partial charge >= 0.3 is 0 Å². The fourth-order valence-corrected chi connectivity index (χ4v) is 2.68. The first-order valence-corrected chi connectivity index (χ1v) is 11.5. The molecule has 0 aliphatic heterocycles. The van der Waals surface area contributed by atoms with E-state index < -0.39 is 8.32 Å². The number of hydrogen-bond acceptors (Lipinski definition) is 1. The number of unbranched alkanes of at least 4 members (excludes halogenated alkanes) is 3. The first kappa shape index (κ1) is 19.6. The molecule has 1 nitrogen and oxygen atoms in total. The van der Waals surface area contributed by atoms with Crippen molar-refractivity contribution in [2.45, 2.75) is 64.6 Å². The van der Waals surface area contributed by atoms with Crippen LogP contribution in [0.3, 0.4) is 0 Å². The van der Waals surface area contributed by atoms with Gasteiger partial charge in [0, 0.05) is 0 Å². The van der Waals surface area contributed by atoms with Gasteiger partial charge in [-0.2, -0.15) is 0 Å². The molecule has 0 aromatic heterocycles. The molecule has 0 rings (SSSR count). The SMILES string of the molecule is CC(C)(C)[Si](C)(C)OC/C=C/CCCCC=C(Br)Br. The highest BCUT2D eigenvalue weighted by molar-refractivity contribution is 9.28. The van der Waals surface area contributed by atoms with Crippen LogP contribution < -0.4 is 0 Å². The molecular formula is C15H28Br2OSi. The van der Waals surface area contributed by atoms with E-state index in [1.807, 2.05) is 0 Å². The Morgan fingerprint density at radius 3 is 2.16 bits per heavy atom.